The van der Waals surface area contributed by atoms with E-state index in [9.17, 15) is 5.11 Å². The Hall–Kier alpha value is -0.840. The standard InChI is InChI=1S/C10H16N2O2/c11-5-10-8(2-4-14-10)6-12-3-1-9(13)7-12/h2,4,9,13H,1,3,5-7,11H2. The lowest BCUT2D eigenvalue weighted by Gasteiger charge is -2.14. The largest absolute Gasteiger partial charge is 0.468 e. The second-order valence-corrected chi connectivity index (χ2v) is 3.75. The molecule has 0 bridgehead atoms. The first-order valence-electron chi connectivity index (χ1n) is 4.95. The van der Waals surface area contributed by atoms with E-state index in [2.05, 4.69) is 4.90 Å². The van der Waals surface area contributed by atoms with Crippen LogP contribution in [0.3, 0.4) is 0 Å². The van der Waals surface area contributed by atoms with Crippen molar-refractivity contribution in [3.8, 4) is 0 Å². The molecule has 0 aliphatic carbocycles. The zero-order valence-corrected chi connectivity index (χ0v) is 8.15. The lowest BCUT2D eigenvalue weighted by atomic mass is 10.2. The maximum absolute atomic E-state index is 9.36. The smallest absolute Gasteiger partial charge is 0.121 e. The van der Waals surface area contributed by atoms with E-state index in [0.29, 0.717) is 6.54 Å². The van der Waals surface area contributed by atoms with Gasteiger partial charge in [-0.25, -0.2) is 0 Å². The average Bonchev–Trinajstić information content (AvgIpc) is 2.76. The van der Waals surface area contributed by atoms with Gasteiger partial charge in [0.25, 0.3) is 0 Å². The first-order valence-corrected chi connectivity index (χ1v) is 4.95. The second kappa shape index (κ2) is 4.13. The average molecular weight is 196 g/mol. The van der Waals surface area contributed by atoms with Gasteiger partial charge in [-0.15, -0.1) is 0 Å². The van der Waals surface area contributed by atoms with E-state index in [-0.39, 0.29) is 6.10 Å². The van der Waals surface area contributed by atoms with E-state index in [1.54, 1.807) is 6.26 Å². The second-order valence-electron chi connectivity index (χ2n) is 3.75. The van der Waals surface area contributed by atoms with E-state index < -0.39 is 0 Å². The van der Waals surface area contributed by atoms with Crippen molar-refractivity contribution in [1.82, 2.24) is 4.90 Å². The van der Waals surface area contributed by atoms with Gasteiger partial charge in [-0.05, 0) is 12.5 Å². The van der Waals surface area contributed by atoms with E-state index in [0.717, 1.165) is 37.4 Å². The molecule has 4 heteroatoms. The molecule has 1 aromatic rings. The van der Waals surface area contributed by atoms with Crippen LogP contribution >= 0.6 is 0 Å². The monoisotopic (exact) mass is 196 g/mol. The third kappa shape index (κ3) is 1.97. The first-order chi connectivity index (χ1) is 6.79. The summed E-state index contributed by atoms with van der Waals surface area (Å²) in [7, 11) is 0. The molecule has 1 aromatic heterocycles. The van der Waals surface area contributed by atoms with Crippen LogP contribution in [0.1, 0.15) is 17.7 Å². The van der Waals surface area contributed by atoms with Crippen molar-refractivity contribution < 1.29 is 9.52 Å². The highest BCUT2D eigenvalue weighted by molar-refractivity contribution is 5.16. The molecule has 0 spiro atoms. The highest BCUT2D eigenvalue weighted by atomic mass is 16.3. The molecule has 78 valence electrons. The van der Waals surface area contributed by atoms with Crippen LogP contribution in [-0.2, 0) is 13.1 Å². The van der Waals surface area contributed by atoms with Gasteiger partial charge >= 0.3 is 0 Å². The number of β-amino-alcohol motifs (C(OH)–C–C–N with tert-alkyl or cyclic N) is 1. The Kier molecular flexibility index (Phi) is 2.86. The molecule has 1 saturated heterocycles. The zero-order valence-electron chi connectivity index (χ0n) is 8.15. The molecule has 0 saturated carbocycles. The summed E-state index contributed by atoms with van der Waals surface area (Å²) in [4.78, 5) is 2.22. The van der Waals surface area contributed by atoms with Gasteiger partial charge in [0.15, 0.2) is 0 Å². The van der Waals surface area contributed by atoms with Gasteiger partial charge in [0.2, 0.25) is 0 Å². The normalized spacial score (nSPS) is 23.1. The summed E-state index contributed by atoms with van der Waals surface area (Å²) in [5.74, 6) is 0.853. The van der Waals surface area contributed by atoms with E-state index in [1.807, 2.05) is 6.07 Å². The van der Waals surface area contributed by atoms with Crippen LogP contribution in [0.15, 0.2) is 16.7 Å². The number of likely N-dealkylation sites (tertiary alicyclic amines) is 1. The van der Waals surface area contributed by atoms with Crippen LogP contribution in [0.4, 0.5) is 0 Å². The number of aliphatic hydroxyl groups is 1. The third-order valence-corrected chi connectivity index (χ3v) is 2.66. The molecular formula is C10H16N2O2. The lowest BCUT2D eigenvalue weighted by molar-refractivity contribution is 0.174. The fourth-order valence-corrected chi connectivity index (χ4v) is 1.88. The van der Waals surface area contributed by atoms with Crippen LogP contribution in [-0.4, -0.2) is 29.2 Å². The van der Waals surface area contributed by atoms with Crippen molar-refractivity contribution in [3.63, 3.8) is 0 Å². The van der Waals surface area contributed by atoms with E-state index in [1.165, 1.54) is 0 Å². The van der Waals surface area contributed by atoms with Crippen molar-refractivity contribution in [1.29, 1.82) is 0 Å². The Labute approximate surface area is 83.3 Å². The number of nitrogens with two attached hydrogens (primary N) is 1. The van der Waals surface area contributed by atoms with Crippen molar-refractivity contribution >= 4 is 0 Å². The van der Waals surface area contributed by atoms with E-state index in [4.69, 9.17) is 10.2 Å². The van der Waals surface area contributed by atoms with Gasteiger partial charge in [0.1, 0.15) is 5.76 Å². The third-order valence-electron chi connectivity index (χ3n) is 2.66. The topological polar surface area (TPSA) is 62.6 Å². The highest BCUT2D eigenvalue weighted by Gasteiger charge is 2.21. The fraction of sp³-hybridized carbons (Fsp3) is 0.600. The van der Waals surface area contributed by atoms with Gasteiger partial charge < -0.3 is 15.3 Å². The van der Waals surface area contributed by atoms with Gasteiger partial charge in [0.05, 0.1) is 18.9 Å². The summed E-state index contributed by atoms with van der Waals surface area (Å²) >= 11 is 0. The van der Waals surface area contributed by atoms with E-state index >= 15 is 0 Å². The number of furan rings is 1. The summed E-state index contributed by atoms with van der Waals surface area (Å²) in [5, 5.41) is 9.36. The summed E-state index contributed by atoms with van der Waals surface area (Å²) in [5.41, 5.74) is 6.68. The summed E-state index contributed by atoms with van der Waals surface area (Å²) < 4.78 is 5.24. The zero-order chi connectivity index (χ0) is 9.97. The summed E-state index contributed by atoms with van der Waals surface area (Å²) in [6.07, 6.45) is 2.38. The number of hydrogen-bond donors (Lipinski definition) is 2. The molecule has 1 aliphatic heterocycles. The minimum atomic E-state index is -0.164. The van der Waals surface area contributed by atoms with Crippen molar-refractivity contribution in [3.05, 3.63) is 23.7 Å². The van der Waals surface area contributed by atoms with Crippen molar-refractivity contribution in [2.75, 3.05) is 13.1 Å². The predicted molar refractivity (Wildman–Crippen MR) is 52.5 cm³/mol. The highest BCUT2D eigenvalue weighted by Crippen LogP contribution is 2.16. The quantitative estimate of drug-likeness (QED) is 0.730. The minimum absolute atomic E-state index is 0.164. The SMILES string of the molecule is NCc1occc1CN1CCC(O)C1. The molecule has 0 aromatic carbocycles. The maximum Gasteiger partial charge on any atom is 0.121 e. The molecular weight excluding hydrogens is 180 g/mol. The van der Waals surface area contributed by atoms with Gasteiger partial charge in [-0.2, -0.15) is 0 Å². The lowest BCUT2D eigenvalue weighted by Crippen LogP contribution is -2.22. The molecule has 2 rings (SSSR count). The van der Waals surface area contributed by atoms with Crippen LogP contribution in [0.2, 0.25) is 0 Å². The van der Waals surface area contributed by atoms with Crippen molar-refractivity contribution in [2.24, 2.45) is 5.73 Å². The van der Waals surface area contributed by atoms with Crippen LogP contribution in [0.25, 0.3) is 0 Å². The molecule has 1 fully saturated rings. The molecule has 2 heterocycles. The van der Waals surface area contributed by atoms with Crippen LogP contribution in [0.5, 0.6) is 0 Å². The number of rotatable bonds is 3. The first kappa shape index (κ1) is 9.71. The Bertz CT molecular complexity index is 298. The molecule has 4 nitrogen and oxygen atoms in total. The summed E-state index contributed by atoms with van der Waals surface area (Å²) in [6, 6.07) is 1.95. The van der Waals surface area contributed by atoms with Crippen molar-refractivity contribution in [2.45, 2.75) is 25.6 Å². The molecule has 1 unspecified atom stereocenters. The predicted octanol–water partition coefficient (Wildman–Crippen LogP) is 0.305. The minimum Gasteiger partial charge on any atom is -0.468 e. The van der Waals surface area contributed by atoms with Gasteiger partial charge in [-0.1, -0.05) is 0 Å². The summed E-state index contributed by atoms with van der Waals surface area (Å²) in [6.45, 7) is 2.99. The van der Waals surface area contributed by atoms with Gasteiger partial charge in [0, 0.05) is 25.2 Å². The molecule has 0 amide bonds. The fourth-order valence-electron chi connectivity index (χ4n) is 1.88. The molecule has 0 radical (unpaired) electrons. The van der Waals surface area contributed by atoms with Crippen LogP contribution < -0.4 is 5.73 Å². The maximum atomic E-state index is 9.36. The number of hydrogen-bond acceptors (Lipinski definition) is 4. The Morgan fingerprint density at radius 1 is 1.64 bits per heavy atom. The van der Waals surface area contributed by atoms with Crippen LogP contribution in [0, 0.1) is 0 Å². The number of aliphatic hydroxyl groups excluding tert-OH is 1. The Morgan fingerprint density at radius 2 is 2.50 bits per heavy atom. The number of nitrogens with zero attached hydrogens (tertiary/aromatic N) is 1. The molecule has 14 heavy (non-hydrogen) atoms. The Balaban J connectivity index is 1.97. The molecule has 3 N–H and O–H groups in total. The Morgan fingerprint density at radius 3 is 3.14 bits per heavy atom. The van der Waals surface area contributed by atoms with Gasteiger partial charge in [-0.3, -0.25) is 4.90 Å². The molecule has 1 atom stereocenters. The molecule has 1 aliphatic rings.